The van der Waals surface area contributed by atoms with E-state index in [2.05, 4.69) is 0 Å². The molecular weight excluding hydrogens is 406 g/mol. The van der Waals surface area contributed by atoms with Gasteiger partial charge in [-0.15, -0.1) is 0 Å². The van der Waals surface area contributed by atoms with Gasteiger partial charge in [0.25, 0.3) is 5.91 Å². The molecular formula is C20H21F4N3O3. The van der Waals surface area contributed by atoms with Gasteiger partial charge in [0.1, 0.15) is 6.17 Å². The fourth-order valence-electron chi connectivity index (χ4n) is 3.32. The summed E-state index contributed by atoms with van der Waals surface area (Å²) in [6.45, 7) is 0.435. The van der Waals surface area contributed by atoms with Crippen molar-refractivity contribution in [2.75, 3.05) is 18.0 Å². The predicted octanol–water partition coefficient (Wildman–Crippen LogP) is 3.15. The summed E-state index contributed by atoms with van der Waals surface area (Å²) in [5.74, 6) is -0.688. The van der Waals surface area contributed by atoms with Crippen LogP contribution in [0.15, 0.2) is 48.5 Å². The smallest absolute Gasteiger partial charge is 0.361 e. The highest BCUT2D eigenvalue weighted by atomic mass is 19.4. The number of nitrogens with zero attached hydrogens (tertiary/aromatic N) is 2. The number of hydrogen-bond acceptors (Lipinski definition) is 5. The van der Waals surface area contributed by atoms with E-state index >= 15 is 0 Å². The third kappa shape index (κ3) is 5.07. The molecule has 1 unspecified atom stereocenters. The maximum atomic E-state index is 13.6. The van der Waals surface area contributed by atoms with Crippen molar-refractivity contribution in [3.8, 4) is 0 Å². The first-order chi connectivity index (χ1) is 14.2. The molecule has 0 radical (unpaired) electrons. The number of aliphatic hydroxyl groups is 1. The van der Waals surface area contributed by atoms with Crippen LogP contribution in [0.2, 0.25) is 0 Å². The van der Waals surface area contributed by atoms with E-state index in [1.54, 1.807) is 12.1 Å². The number of benzene rings is 2. The van der Waals surface area contributed by atoms with Crippen LogP contribution in [0.25, 0.3) is 0 Å². The van der Waals surface area contributed by atoms with Crippen molar-refractivity contribution in [1.29, 1.82) is 0 Å². The lowest BCUT2D eigenvalue weighted by Gasteiger charge is -2.35. The fourth-order valence-corrected chi connectivity index (χ4v) is 3.32. The summed E-state index contributed by atoms with van der Waals surface area (Å²) in [6.07, 6.45) is -6.54. The van der Waals surface area contributed by atoms with Crippen molar-refractivity contribution in [3.63, 3.8) is 0 Å². The highest BCUT2D eigenvalue weighted by molar-refractivity contribution is 5.93. The van der Waals surface area contributed by atoms with Crippen molar-refractivity contribution in [1.82, 2.24) is 10.4 Å². The van der Waals surface area contributed by atoms with Gasteiger partial charge in [-0.1, -0.05) is 12.1 Å². The predicted molar refractivity (Wildman–Crippen MR) is 100 cm³/mol. The Bertz CT molecular complexity index is 859. The van der Waals surface area contributed by atoms with Crippen LogP contribution in [0.5, 0.6) is 0 Å². The first-order valence-electron chi connectivity index (χ1n) is 9.22. The lowest BCUT2D eigenvalue weighted by atomic mass is 10.1. The Morgan fingerprint density at radius 2 is 1.80 bits per heavy atom. The van der Waals surface area contributed by atoms with Gasteiger partial charge in [0, 0.05) is 30.9 Å². The van der Waals surface area contributed by atoms with Crippen LogP contribution in [0.4, 0.5) is 23.2 Å². The summed E-state index contributed by atoms with van der Waals surface area (Å²) >= 11 is 0. The second-order valence-corrected chi connectivity index (χ2v) is 7.04. The van der Waals surface area contributed by atoms with E-state index < -0.39 is 30.2 Å². The highest BCUT2D eigenvalue weighted by Gasteiger charge is 2.33. The molecule has 1 aliphatic rings. The average Bonchev–Trinajstić information content (AvgIpc) is 3.17. The second kappa shape index (κ2) is 8.99. The number of hydroxylamine groups is 1. The largest absolute Gasteiger partial charge is 0.416 e. The molecule has 6 nitrogen and oxygen atoms in total. The zero-order valence-corrected chi connectivity index (χ0v) is 15.8. The molecule has 1 heterocycles. The lowest BCUT2D eigenvalue weighted by Crippen LogP contribution is -2.47. The molecule has 1 saturated heterocycles. The molecule has 0 saturated carbocycles. The minimum Gasteiger partial charge on any atom is -0.361 e. The minimum atomic E-state index is -4.48. The van der Waals surface area contributed by atoms with Crippen LogP contribution in [-0.2, 0) is 12.7 Å². The summed E-state index contributed by atoms with van der Waals surface area (Å²) in [6, 6.07) is 10.5. The van der Waals surface area contributed by atoms with Gasteiger partial charge in [0.05, 0.1) is 5.56 Å². The number of hydrogen-bond donors (Lipinski definition) is 3. The Kier molecular flexibility index (Phi) is 6.59. The van der Waals surface area contributed by atoms with Crippen molar-refractivity contribution >= 4 is 11.6 Å². The van der Waals surface area contributed by atoms with Crippen LogP contribution in [-0.4, -0.2) is 46.7 Å². The zero-order valence-electron chi connectivity index (χ0n) is 15.8. The average molecular weight is 427 g/mol. The van der Waals surface area contributed by atoms with Gasteiger partial charge >= 0.3 is 6.18 Å². The number of anilines is 1. The Morgan fingerprint density at radius 3 is 2.30 bits per heavy atom. The molecule has 2 aromatic rings. The molecule has 30 heavy (non-hydrogen) atoms. The lowest BCUT2D eigenvalue weighted by molar-refractivity contribution is -0.137. The van der Waals surface area contributed by atoms with Crippen molar-refractivity contribution in [2.45, 2.75) is 31.7 Å². The van der Waals surface area contributed by atoms with Gasteiger partial charge in [-0.25, -0.2) is 9.87 Å². The Morgan fingerprint density at radius 1 is 1.17 bits per heavy atom. The molecule has 3 rings (SSSR count). The van der Waals surface area contributed by atoms with Crippen LogP contribution >= 0.6 is 0 Å². The second-order valence-electron chi connectivity index (χ2n) is 7.04. The molecule has 3 N–H and O–H groups in total. The van der Waals surface area contributed by atoms with E-state index in [1.807, 2.05) is 0 Å². The normalized spacial score (nSPS) is 18.3. The third-order valence-electron chi connectivity index (χ3n) is 4.96. The maximum absolute atomic E-state index is 13.6. The number of alkyl halides is 4. The quantitative estimate of drug-likeness (QED) is 0.286. The van der Waals surface area contributed by atoms with Gasteiger partial charge in [0.2, 0.25) is 0 Å². The third-order valence-corrected chi connectivity index (χ3v) is 4.96. The highest BCUT2D eigenvalue weighted by Crippen LogP contribution is 2.32. The monoisotopic (exact) mass is 427 g/mol. The Labute approximate surface area is 170 Å². The molecule has 10 heteroatoms. The van der Waals surface area contributed by atoms with E-state index in [4.69, 9.17) is 5.21 Å². The van der Waals surface area contributed by atoms with Crippen LogP contribution in [0.3, 0.4) is 0 Å². The number of carbonyl (C=O) groups excluding carboxylic acids is 1. The number of amides is 1. The Hall–Kier alpha value is -2.69. The molecule has 0 aliphatic carbocycles. The molecule has 162 valence electrons. The first kappa shape index (κ1) is 22.0. The van der Waals surface area contributed by atoms with Crippen molar-refractivity contribution in [3.05, 3.63) is 65.2 Å². The van der Waals surface area contributed by atoms with Gasteiger partial charge < -0.3 is 10.0 Å². The fraction of sp³-hybridized carbons (Fsp3) is 0.350. The molecule has 1 amide bonds. The number of nitrogens with one attached hydrogen (secondary N) is 1. The first-order valence-corrected chi connectivity index (χ1v) is 9.22. The molecule has 1 fully saturated rings. The summed E-state index contributed by atoms with van der Waals surface area (Å²) in [5.41, 5.74) is 1.90. The summed E-state index contributed by atoms with van der Waals surface area (Å²) < 4.78 is 52.3. The zero-order chi connectivity index (χ0) is 21.9. The molecule has 2 atom stereocenters. The van der Waals surface area contributed by atoms with Crippen LogP contribution in [0.1, 0.15) is 27.9 Å². The molecule has 1 aliphatic heterocycles. The molecule has 0 bridgehead atoms. The summed E-state index contributed by atoms with van der Waals surface area (Å²) in [5, 5.41) is 19.5. The summed E-state index contributed by atoms with van der Waals surface area (Å²) in [7, 11) is 0. The van der Waals surface area contributed by atoms with Crippen molar-refractivity contribution < 1.29 is 32.7 Å². The van der Waals surface area contributed by atoms with Gasteiger partial charge in [-0.3, -0.25) is 14.9 Å². The summed E-state index contributed by atoms with van der Waals surface area (Å²) in [4.78, 5) is 14.4. The van der Waals surface area contributed by atoms with Crippen molar-refractivity contribution in [2.24, 2.45) is 0 Å². The standard InChI is InChI=1S/C20H21F4N3O3/c21-16-9-10-26(12-16)19(29)27(17-7-5-15(6-8-17)20(22,23)24)11-13-1-3-14(4-2-13)18(28)25-30/h1-8,16,19,29-30H,9-12H2,(H,25,28)/t16-,19?/m0/s1. The van der Waals surface area contributed by atoms with Gasteiger partial charge in [-0.2, -0.15) is 13.2 Å². The Balaban J connectivity index is 1.86. The number of likely N-dealkylation sites (tertiary alicyclic amines) is 1. The molecule has 2 aromatic carbocycles. The van der Waals surface area contributed by atoms with Gasteiger partial charge in [0.15, 0.2) is 6.35 Å². The maximum Gasteiger partial charge on any atom is 0.416 e. The molecule has 0 spiro atoms. The number of aliphatic hydroxyl groups excluding tert-OH is 1. The van der Waals surface area contributed by atoms with E-state index in [9.17, 15) is 27.5 Å². The SMILES string of the molecule is O=C(NO)c1ccc(CN(c2ccc(C(F)(F)F)cc2)C(O)N2CC[C@H](F)C2)cc1. The van der Waals surface area contributed by atoms with E-state index in [0.29, 0.717) is 17.8 Å². The number of rotatable bonds is 6. The number of halogens is 4. The van der Waals surface area contributed by atoms with E-state index in [1.165, 1.54) is 39.5 Å². The number of carbonyl (C=O) groups is 1. The van der Waals surface area contributed by atoms with Crippen LogP contribution in [0, 0.1) is 0 Å². The minimum absolute atomic E-state index is 0.0217. The topological polar surface area (TPSA) is 76.0 Å². The van der Waals surface area contributed by atoms with Gasteiger partial charge in [-0.05, 0) is 48.4 Å². The van der Waals surface area contributed by atoms with E-state index in [0.717, 1.165) is 12.1 Å². The molecule has 0 aromatic heterocycles. The van der Waals surface area contributed by atoms with E-state index in [-0.39, 0.29) is 25.1 Å². The van der Waals surface area contributed by atoms with Crippen LogP contribution < -0.4 is 10.4 Å².